The van der Waals surface area contributed by atoms with E-state index in [-0.39, 0.29) is 12.5 Å². The van der Waals surface area contributed by atoms with Crippen LogP contribution >= 0.6 is 0 Å². The van der Waals surface area contributed by atoms with Crippen LogP contribution in [0.15, 0.2) is 12.3 Å². The molecule has 0 fully saturated rings. The fourth-order valence-electron chi connectivity index (χ4n) is 1.53. The van der Waals surface area contributed by atoms with Crippen LogP contribution in [0.3, 0.4) is 0 Å². The Morgan fingerprint density at radius 1 is 1.71 bits per heavy atom. The Kier molecular flexibility index (Phi) is 4.99. The zero-order chi connectivity index (χ0) is 12.8. The van der Waals surface area contributed by atoms with Gasteiger partial charge in [-0.25, -0.2) is 0 Å². The van der Waals surface area contributed by atoms with Gasteiger partial charge in [0.2, 0.25) is 0 Å². The van der Waals surface area contributed by atoms with Crippen molar-refractivity contribution >= 4 is 11.6 Å². The number of carbonyl (C=O) groups is 1. The molecule has 0 saturated carbocycles. The summed E-state index contributed by atoms with van der Waals surface area (Å²) in [6.07, 6.45) is 1.58. The molecule has 1 rings (SSSR count). The average molecular weight is 241 g/mol. The number of aliphatic hydroxyl groups excluding tert-OH is 1. The van der Waals surface area contributed by atoms with Crippen LogP contribution in [-0.2, 0) is 11.8 Å². The second-order valence-electron chi connectivity index (χ2n) is 3.92. The van der Waals surface area contributed by atoms with E-state index in [2.05, 4.69) is 5.32 Å². The number of amides is 1. The van der Waals surface area contributed by atoms with E-state index < -0.39 is 6.10 Å². The number of aliphatic hydroxyl groups is 1. The molecule has 1 atom stereocenters. The first kappa shape index (κ1) is 13.5. The third-order valence-corrected chi connectivity index (χ3v) is 2.38. The smallest absolute Gasteiger partial charge is 0.267 e. The summed E-state index contributed by atoms with van der Waals surface area (Å²) < 4.78 is 6.45. The van der Waals surface area contributed by atoms with Gasteiger partial charge in [0.1, 0.15) is 5.69 Å². The van der Waals surface area contributed by atoms with Gasteiger partial charge >= 0.3 is 0 Å². The number of methoxy groups -OCH3 is 1. The van der Waals surface area contributed by atoms with Crippen molar-refractivity contribution in [1.82, 2.24) is 9.88 Å². The van der Waals surface area contributed by atoms with E-state index in [1.807, 2.05) is 0 Å². The van der Waals surface area contributed by atoms with Crippen LogP contribution in [0.25, 0.3) is 0 Å². The van der Waals surface area contributed by atoms with E-state index in [9.17, 15) is 9.90 Å². The Morgan fingerprint density at radius 2 is 2.41 bits per heavy atom. The number of rotatable bonds is 6. The molecule has 0 bridgehead atoms. The first-order chi connectivity index (χ1) is 8.04. The number of carbonyl (C=O) groups excluding carboxylic acids is 1. The molecule has 6 heteroatoms. The first-order valence-corrected chi connectivity index (χ1v) is 5.41. The standard InChI is InChI=1S/C11H19N3O3/c1-14-6-8(12)5-10(14)11(16)13-4-3-9(15)7-17-2/h5-6,9,15H,3-4,7,12H2,1-2H3,(H,13,16). The van der Waals surface area contributed by atoms with Crippen molar-refractivity contribution < 1.29 is 14.6 Å². The Bertz CT molecular complexity index is 376. The van der Waals surface area contributed by atoms with Gasteiger partial charge in [-0.2, -0.15) is 0 Å². The number of hydrogen-bond donors (Lipinski definition) is 3. The predicted molar refractivity (Wildman–Crippen MR) is 64.7 cm³/mol. The lowest BCUT2D eigenvalue weighted by Gasteiger charge is -2.10. The maximum Gasteiger partial charge on any atom is 0.267 e. The topological polar surface area (TPSA) is 89.5 Å². The molecule has 0 aliphatic carbocycles. The molecule has 0 saturated heterocycles. The third-order valence-electron chi connectivity index (χ3n) is 2.38. The fraction of sp³-hybridized carbons (Fsp3) is 0.545. The highest BCUT2D eigenvalue weighted by molar-refractivity contribution is 5.93. The lowest BCUT2D eigenvalue weighted by Crippen LogP contribution is -2.29. The van der Waals surface area contributed by atoms with Crippen LogP contribution in [0.2, 0.25) is 0 Å². The Labute approximate surface area is 100 Å². The van der Waals surface area contributed by atoms with Gasteiger partial charge < -0.3 is 25.5 Å². The van der Waals surface area contributed by atoms with Crippen LogP contribution in [0.5, 0.6) is 0 Å². The Balaban J connectivity index is 2.37. The van der Waals surface area contributed by atoms with Crippen LogP contribution in [0.4, 0.5) is 5.69 Å². The summed E-state index contributed by atoms with van der Waals surface area (Å²) in [4.78, 5) is 11.7. The van der Waals surface area contributed by atoms with E-state index in [1.54, 1.807) is 23.9 Å². The normalized spacial score (nSPS) is 12.4. The van der Waals surface area contributed by atoms with Crippen LogP contribution < -0.4 is 11.1 Å². The molecule has 0 spiro atoms. The maximum absolute atomic E-state index is 11.7. The van der Waals surface area contributed by atoms with Crippen molar-refractivity contribution in [3.05, 3.63) is 18.0 Å². The van der Waals surface area contributed by atoms with Crippen LogP contribution in [0.1, 0.15) is 16.9 Å². The number of aromatic nitrogens is 1. The first-order valence-electron chi connectivity index (χ1n) is 5.41. The molecule has 0 aromatic carbocycles. The minimum Gasteiger partial charge on any atom is -0.397 e. The zero-order valence-electron chi connectivity index (χ0n) is 10.1. The number of aryl methyl sites for hydroxylation is 1. The Hall–Kier alpha value is -1.53. The number of nitrogen functional groups attached to an aromatic ring is 1. The van der Waals surface area contributed by atoms with Gasteiger partial charge in [0.25, 0.3) is 5.91 Å². The minimum absolute atomic E-state index is 0.200. The molecule has 17 heavy (non-hydrogen) atoms. The average Bonchev–Trinajstić information content (AvgIpc) is 2.58. The van der Waals surface area contributed by atoms with E-state index >= 15 is 0 Å². The van der Waals surface area contributed by atoms with Crippen molar-refractivity contribution in [3.63, 3.8) is 0 Å². The molecule has 0 radical (unpaired) electrons. The SMILES string of the molecule is COCC(O)CCNC(=O)c1cc(N)cn1C. The number of hydrogen-bond acceptors (Lipinski definition) is 4. The highest BCUT2D eigenvalue weighted by Crippen LogP contribution is 2.08. The summed E-state index contributed by atoms with van der Waals surface area (Å²) >= 11 is 0. The van der Waals surface area contributed by atoms with Crippen molar-refractivity contribution in [1.29, 1.82) is 0 Å². The largest absolute Gasteiger partial charge is 0.397 e. The molecule has 0 aliphatic heterocycles. The van der Waals surface area contributed by atoms with Crippen molar-refractivity contribution in [2.75, 3.05) is 26.0 Å². The van der Waals surface area contributed by atoms with E-state index in [0.717, 1.165) is 0 Å². The monoisotopic (exact) mass is 241 g/mol. The summed E-state index contributed by atoms with van der Waals surface area (Å²) in [5.74, 6) is -0.200. The number of anilines is 1. The van der Waals surface area contributed by atoms with Gasteiger partial charge in [-0.1, -0.05) is 0 Å². The summed E-state index contributed by atoms with van der Waals surface area (Å²) in [7, 11) is 3.28. The van der Waals surface area contributed by atoms with Crippen LogP contribution in [-0.4, -0.2) is 41.9 Å². The van der Waals surface area contributed by atoms with Gasteiger partial charge in [-0.05, 0) is 12.5 Å². The number of nitrogens with zero attached hydrogens (tertiary/aromatic N) is 1. The number of nitrogens with one attached hydrogen (secondary N) is 1. The molecule has 1 amide bonds. The minimum atomic E-state index is -0.557. The molecule has 1 aromatic heterocycles. The molecular weight excluding hydrogens is 222 g/mol. The number of ether oxygens (including phenoxy) is 1. The van der Waals surface area contributed by atoms with Crippen molar-refractivity contribution in [2.24, 2.45) is 7.05 Å². The lowest BCUT2D eigenvalue weighted by atomic mass is 10.2. The molecule has 1 unspecified atom stereocenters. The Morgan fingerprint density at radius 3 is 2.94 bits per heavy atom. The predicted octanol–water partition coefficient (Wildman–Crippen LogP) is -0.265. The summed E-state index contributed by atoms with van der Waals surface area (Å²) in [5.41, 5.74) is 6.63. The molecule has 0 aliphatic rings. The molecule has 1 heterocycles. The van der Waals surface area contributed by atoms with Crippen LogP contribution in [0, 0.1) is 0 Å². The second kappa shape index (κ2) is 6.27. The lowest BCUT2D eigenvalue weighted by molar-refractivity contribution is 0.0587. The second-order valence-corrected chi connectivity index (χ2v) is 3.92. The van der Waals surface area contributed by atoms with Gasteiger partial charge in [0, 0.05) is 26.9 Å². The maximum atomic E-state index is 11.7. The molecule has 4 N–H and O–H groups in total. The van der Waals surface area contributed by atoms with Crippen molar-refractivity contribution in [2.45, 2.75) is 12.5 Å². The third kappa shape index (κ3) is 4.08. The van der Waals surface area contributed by atoms with Gasteiger partial charge in [0.15, 0.2) is 0 Å². The van der Waals surface area contributed by atoms with E-state index in [0.29, 0.717) is 24.3 Å². The summed E-state index contributed by atoms with van der Waals surface area (Å²) in [6.45, 7) is 0.668. The quantitative estimate of drug-likeness (QED) is 0.640. The summed E-state index contributed by atoms with van der Waals surface area (Å²) in [6, 6.07) is 1.61. The number of nitrogens with two attached hydrogens (primary N) is 1. The molecular formula is C11H19N3O3. The van der Waals surface area contributed by atoms with Gasteiger partial charge in [-0.15, -0.1) is 0 Å². The molecule has 96 valence electrons. The zero-order valence-corrected chi connectivity index (χ0v) is 10.1. The highest BCUT2D eigenvalue weighted by Gasteiger charge is 2.11. The summed E-state index contributed by atoms with van der Waals surface area (Å²) in [5, 5.41) is 12.1. The molecule has 6 nitrogen and oxygen atoms in total. The van der Waals surface area contributed by atoms with Gasteiger partial charge in [-0.3, -0.25) is 4.79 Å². The van der Waals surface area contributed by atoms with E-state index in [4.69, 9.17) is 10.5 Å². The van der Waals surface area contributed by atoms with Crippen molar-refractivity contribution in [3.8, 4) is 0 Å². The van der Waals surface area contributed by atoms with E-state index in [1.165, 1.54) is 7.11 Å². The fourth-order valence-corrected chi connectivity index (χ4v) is 1.53. The molecule has 1 aromatic rings. The highest BCUT2D eigenvalue weighted by atomic mass is 16.5. The van der Waals surface area contributed by atoms with Gasteiger partial charge in [0.05, 0.1) is 18.4 Å².